The van der Waals surface area contributed by atoms with Crippen molar-refractivity contribution in [1.82, 2.24) is 0 Å². The standard InChI is InChI=1S/C33H70O4Si/c1-5-9-13-17-21-25-29-33-37-38(34-30-26-22-18-14-10-6-2,35-31-27-23-19-15-11-7-3)36-32-28-24-20-16-12-8-4/h5-33H2,1-4H3. The number of rotatable bonds is 33. The highest BCUT2D eigenvalue weighted by atomic mass is 28.4. The minimum Gasteiger partial charge on any atom is -0.351 e. The van der Waals surface area contributed by atoms with Crippen molar-refractivity contribution in [3.63, 3.8) is 0 Å². The van der Waals surface area contributed by atoms with E-state index in [1.807, 2.05) is 0 Å². The average Bonchev–Trinajstić information content (AvgIpc) is 2.93. The number of unbranched alkanes of at least 4 members (excludes halogenated alkanes) is 21. The molecule has 0 saturated heterocycles. The summed E-state index contributed by atoms with van der Waals surface area (Å²) in [5, 5.41) is 0. The molecule has 0 radical (unpaired) electrons. The van der Waals surface area contributed by atoms with Gasteiger partial charge in [-0.25, -0.2) is 0 Å². The van der Waals surface area contributed by atoms with Crippen LogP contribution in [0.1, 0.15) is 188 Å². The molecule has 0 spiro atoms. The molecule has 38 heavy (non-hydrogen) atoms. The van der Waals surface area contributed by atoms with Crippen LogP contribution in [0.4, 0.5) is 0 Å². The van der Waals surface area contributed by atoms with E-state index in [0.717, 1.165) is 25.7 Å². The van der Waals surface area contributed by atoms with E-state index in [1.165, 1.54) is 135 Å². The Kier molecular flexibility index (Phi) is 31.6. The first-order valence-corrected chi connectivity index (χ1v) is 18.9. The molecule has 0 rings (SSSR count). The summed E-state index contributed by atoms with van der Waals surface area (Å²) in [7, 11) is -3.10. The van der Waals surface area contributed by atoms with Gasteiger partial charge in [-0.3, -0.25) is 0 Å². The lowest BCUT2D eigenvalue weighted by Gasteiger charge is -2.28. The molecular weight excluding hydrogens is 488 g/mol. The molecule has 0 heterocycles. The highest BCUT2D eigenvalue weighted by Crippen LogP contribution is 2.18. The monoisotopic (exact) mass is 559 g/mol. The van der Waals surface area contributed by atoms with Gasteiger partial charge in [0.2, 0.25) is 0 Å². The predicted molar refractivity (Wildman–Crippen MR) is 168 cm³/mol. The first-order valence-electron chi connectivity index (χ1n) is 17.3. The maximum atomic E-state index is 6.47. The van der Waals surface area contributed by atoms with Crippen LogP contribution in [0.25, 0.3) is 0 Å². The van der Waals surface area contributed by atoms with Gasteiger partial charge in [0.05, 0.1) is 0 Å². The van der Waals surface area contributed by atoms with E-state index < -0.39 is 9.05 Å². The first kappa shape index (κ1) is 38.1. The summed E-state index contributed by atoms with van der Waals surface area (Å²) in [5.41, 5.74) is 0. The molecule has 0 bridgehead atoms. The van der Waals surface area contributed by atoms with E-state index in [4.69, 9.17) is 17.7 Å². The van der Waals surface area contributed by atoms with E-state index in [9.17, 15) is 0 Å². The van der Waals surface area contributed by atoms with Gasteiger partial charge < -0.3 is 17.7 Å². The molecule has 0 aromatic rings. The molecule has 0 unspecified atom stereocenters. The Hall–Kier alpha value is 0.0569. The van der Waals surface area contributed by atoms with Gasteiger partial charge in [0.1, 0.15) is 0 Å². The van der Waals surface area contributed by atoms with Gasteiger partial charge in [0, 0.05) is 26.4 Å². The van der Waals surface area contributed by atoms with Gasteiger partial charge in [-0.05, 0) is 25.7 Å². The number of hydrogen-bond acceptors (Lipinski definition) is 4. The topological polar surface area (TPSA) is 36.9 Å². The summed E-state index contributed by atoms with van der Waals surface area (Å²) < 4.78 is 25.8. The Morgan fingerprint density at radius 3 is 0.658 bits per heavy atom. The lowest BCUT2D eigenvalue weighted by atomic mass is 10.1. The molecule has 0 aliphatic rings. The lowest BCUT2D eigenvalue weighted by Crippen LogP contribution is -2.50. The van der Waals surface area contributed by atoms with E-state index in [2.05, 4.69) is 27.7 Å². The first-order chi connectivity index (χ1) is 18.7. The zero-order chi connectivity index (χ0) is 27.8. The third-order valence-corrected chi connectivity index (χ3v) is 9.59. The SMILES string of the molecule is CCCCCCCCCO[Si](OCCCCCCCC)(OCCCCCCCC)OCCCCCCCC. The average molecular weight is 559 g/mol. The second-order valence-electron chi connectivity index (χ2n) is 11.3. The summed E-state index contributed by atoms with van der Waals surface area (Å²) in [6, 6.07) is 0. The molecule has 0 aliphatic carbocycles. The Balaban J connectivity index is 4.79. The second kappa shape index (κ2) is 31.6. The summed E-state index contributed by atoms with van der Waals surface area (Å²) in [6.07, 6.45) is 31.6. The largest absolute Gasteiger partial charge is 0.679 e. The molecule has 0 amide bonds. The van der Waals surface area contributed by atoms with Crippen molar-refractivity contribution in [1.29, 1.82) is 0 Å². The van der Waals surface area contributed by atoms with Crippen LogP contribution >= 0.6 is 0 Å². The molecule has 0 aliphatic heterocycles. The quantitative estimate of drug-likeness (QED) is 0.0593. The minimum absolute atomic E-state index is 0.697. The molecule has 0 fully saturated rings. The van der Waals surface area contributed by atoms with Gasteiger partial charge in [0.15, 0.2) is 0 Å². The molecule has 0 aromatic carbocycles. The number of hydrogen-bond donors (Lipinski definition) is 0. The zero-order valence-electron chi connectivity index (χ0n) is 26.6. The van der Waals surface area contributed by atoms with Gasteiger partial charge in [-0.2, -0.15) is 0 Å². The van der Waals surface area contributed by atoms with E-state index in [0.29, 0.717) is 26.4 Å². The van der Waals surface area contributed by atoms with Crippen LogP contribution in [-0.4, -0.2) is 35.5 Å². The summed E-state index contributed by atoms with van der Waals surface area (Å²) >= 11 is 0. The molecule has 0 atom stereocenters. The third kappa shape index (κ3) is 26.3. The van der Waals surface area contributed by atoms with Crippen LogP contribution in [0.3, 0.4) is 0 Å². The van der Waals surface area contributed by atoms with Crippen molar-refractivity contribution < 1.29 is 17.7 Å². The highest BCUT2D eigenvalue weighted by Gasteiger charge is 2.45. The van der Waals surface area contributed by atoms with E-state index in [1.54, 1.807) is 0 Å². The fourth-order valence-electron chi connectivity index (χ4n) is 4.75. The zero-order valence-corrected chi connectivity index (χ0v) is 27.6. The van der Waals surface area contributed by atoms with Crippen molar-refractivity contribution in [2.24, 2.45) is 0 Å². The van der Waals surface area contributed by atoms with Crippen molar-refractivity contribution in [3.8, 4) is 0 Å². The van der Waals surface area contributed by atoms with Crippen molar-refractivity contribution >= 4 is 9.05 Å². The summed E-state index contributed by atoms with van der Waals surface area (Å²) in [6.45, 7) is 11.9. The van der Waals surface area contributed by atoms with Crippen LogP contribution in [0.5, 0.6) is 0 Å². The highest BCUT2D eigenvalue weighted by molar-refractivity contribution is 6.53. The van der Waals surface area contributed by atoms with Crippen molar-refractivity contribution in [2.45, 2.75) is 188 Å². The van der Waals surface area contributed by atoms with Crippen LogP contribution in [-0.2, 0) is 17.7 Å². The second-order valence-corrected chi connectivity index (χ2v) is 13.5. The molecule has 230 valence electrons. The fraction of sp³-hybridized carbons (Fsp3) is 1.00. The van der Waals surface area contributed by atoms with Gasteiger partial charge in [-0.15, -0.1) is 0 Å². The Labute approximate surface area is 241 Å². The molecule has 4 nitrogen and oxygen atoms in total. The van der Waals surface area contributed by atoms with Crippen LogP contribution < -0.4 is 0 Å². The van der Waals surface area contributed by atoms with Crippen LogP contribution in [0, 0.1) is 0 Å². The maximum absolute atomic E-state index is 6.47. The van der Waals surface area contributed by atoms with E-state index in [-0.39, 0.29) is 0 Å². The Morgan fingerprint density at radius 2 is 0.447 bits per heavy atom. The Morgan fingerprint density at radius 1 is 0.263 bits per heavy atom. The van der Waals surface area contributed by atoms with Gasteiger partial charge >= 0.3 is 9.05 Å². The smallest absolute Gasteiger partial charge is 0.351 e. The molecule has 0 saturated carbocycles. The lowest BCUT2D eigenvalue weighted by molar-refractivity contribution is -0.0375. The Bertz CT molecular complexity index is 390. The fourth-order valence-corrected chi connectivity index (χ4v) is 6.82. The van der Waals surface area contributed by atoms with E-state index >= 15 is 0 Å². The van der Waals surface area contributed by atoms with Crippen molar-refractivity contribution in [2.75, 3.05) is 26.4 Å². The molecule has 5 heteroatoms. The van der Waals surface area contributed by atoms with Crippen molar-refractivity contribution in [3.05, 3.63) is 0 Å². The molecule has 0 N–H and O–H groups in total. The van der Waals surface area contributed by atoms with Crippen LogP contribution in [0.2, 0.25) is 0 Å². The van der Waals surface area contributed by atoms with Gasteiger partial charge in [-0.1, -0.05) is 163 Å². The normalized spacial score (nSPS) is 12.0. The minimum atomic E-state index is -3.10. The predicted octanol–water partition coefficient (Wildman–Crippen LogP) is 11.3. The summed E-state index contributed by atoms with van der Waals surface area (Å²) in [4.78, 5) is 0. The molecule has 0 aromatic heterocycles. The third-order valence-electron chi connectivity index (χ3n) is 7.36. The van der Waals surface area contributed by atoms with Crippen LogP contribution in [0.15, 0.2) is 0 Å². The maximum Gasteiger partial charge on any atom is 0.679 e. The molecular formula is C33H70O4Si. The van der Waals surface area contributed by atoms with Gasteiger partial charge in [0.25, 0.3) is 0 Å². The summed E-state index contributed by atoms with van der Waals surface area (Å²) in [5.74, 6) is 0.